The van der Waals surface area contributed by atoms with Crippen molar-refractivity contribution in [1.29, 1.82) is 0 Å². The van der Waals surface area contributed by atoms with Crippen LogP contribution in [0.2, 0.25) is 0 Å². The van der Waals surface area contributed by atoms with E-state index in [0.717, 1.165) is 18.2 Å². The van der Waals surface area contributed by atoms with Gasteiger partial charge in [-0.1, -0.05) is 6.07 Å². The van der Waals surface area contributed by atoms with Crippen LogP contribution in [-0.2, 0) is 20.0 Å². The second-order valence-electron chi connectivity index (χ2n) is 4.88. The van der Waals surface area contributed by atoms with Gasteiger partial charge in [0.05, 0.1) is 14.7 Å². The number of sulfonamides is 2. The van der Waals surface area contributed by atoms with E-state index in [1.165, 1.54) is 31.2 Å². The number of nitrogens with one attached hydrogen (secondary N) is 1. The average molecular weight is 371 g/mol. The summed E-state index contributed by atoms with van der Waals surface area (Å²) >= 11 is 0. The van der Waals surface area contributed by atoms with Crippen LogP contribution in [0.15, 0.2) is 52.3 Å². The van der Waals surface area contributed by atoms with E-state index in [9.17, 15) is 26.9 Å². The second kappa shape index (κ2) is 6.19. The summed E-state index contributed by atoms with van der Waals surface area (Å²) in [5.74, 6) is 0. The molecule has 0 fully saturated rings. The molecule has 0 bridgehead atoms. The van der Waals surface area contributed by atoms with Crippen molar-refractivity contribution in [2.45, 2.75) is 16.7 Å². The van der Waals surface area contributed by atoms with Gasteiger partial charge >= 0.3 is 0 Å². The Morgan fingerprint density at radius 1 is 1.00 bits per heavy atom. The van der Waals surface area contributed by atoms with E-state index in [1.54, 1.807) is 0 Å². The Balaban J connectivity index is 2.35. The summed E-state index contributed by atoms with van der Waals surface area (Å²) in [6.45, 7) is 1.49. The van der Waals surface area contributed by atoms with Crippen LogP contribution in [0.5, 0.6) is 0 Å². The molecule has 128 valence electrons. The molecule has 0 saturated carbocycles. The first-order valence-electron chi connectivity index (χ1n) is 6.41. The molecule has 9 nitrogen and oxygen atoms in total. The SMILES string of the molecule is Cc1ccc(S(=O)(=O)Nc2ccc(S(N)(=O)=O)cc2)cc1[N+](=O)[O-]. The Hall–Kier alpha value is -2.50. The minimum absolute atomic E-state index is 0.0885. The molecule has 0 heterocycles. The Kier molecular flexibility index (Phi) is 4.60. The summed E-state index contributed by atoms with van der Waals surface area (Å²) in [6.07, 6.45) is 0. The number of rotatable bonds is 5. The highest BCUT2D eigenvalue weighted by atomic mass is 32.2. The number of benzene rings is 2. The van der Waals surface area contributed by atoms with E-state index in [1.807, 2.05) is 0 Å². The summed E-state index contributed by atoms with van der Waals surface area (Å²) in [5, 5.41) is 15.9. The van der Waals surface area contributed by atoms with Crippen LogP contribution in [-0.4, -0.2) is 21.8 Å². The Bertz CT molecular complexity index is 999. The highest BCUT2D eigenvalue weighted by molar-refractivity contribution is 7.92. The van der Waals surface area contributed by atoms with Gasteiger partial charge in [-0.05, 0) is 37.3 Å². The van der Waals surface area contributed by atoms with Crippen LogP contribution < -0.4 is 9.86 Å². The smallest absolute Gasteiger partial charge is 0.273 e. The van der Waals surface area contributed by atoms with Gasteiger partial charge in [0.1, 0.15) is 0 Å². The van der Waals surface area contributed by atoms with Crippen molar-refractivity contribution in [3.8, 4) is 0 Å². The van der Waals surface area contributed by atoms with Crippen LogP contribution in [0.1, 0.15) is 5.56 Å². The maximum atomic E-state index is 12.3. The number of hydrogen-bond donors (Lipinski definition) is 2. The van der Waals surface area contributed by atoms with Gasteiger partial charge in [0.2, 0.25) is 10.0 Å². The van der Waals surface area contributed by atoms with Crippen molar-refractivity contribution in [2.24, 2.45) is 5.14 Å². The Labute approximate surface area is 138 Å². The topological polar surface area (TPSA) is 149 Å². The molecular formula is C13H13N3O6S2. The molecule has 0 aromatic heterocycles. The second-order valence-corrected chi connectivity index (χ2v) is 8.12. The van der Waals surface area contributed by atoms with Crippen molar-refractivity contribution in [3.63, 3.8) is 0 Å². The highest BCUT2D eigenvalue weighted by Gasteiger charge is 2.20. The first-order chi connectivity index (χ1) is 11.0. The van der Waals surface area contributed by atoms with Crippen molar-refractivity contribution >= 4 is 31.4 Å². The monoisotopic (exact) mass is 371 g/mol. The lowest BCUT2D eigenvalue weighted by molar-refractivity contribution is -0.385. The molecule has 0 aliphatic heterocycles. The predicted octanol–water partition coefficient (Wildman–Crippen LogP) is 1.35. The van der Waals surface area contributed by atoms with E-state index in [-0.39, 0.29) is 21.2 Å². The summed E-state index contributed by atoms with van der Waals surface area (Å²) in [7, 11) is -7.96. The summed E-state index contributed by atoms with van der Waals surface area (Å²) in [6, 6.07) is 8.26. The fourth-order valence-electron chi connectivity index (χ4n) is 1.88. The zero-order valence-electron chi connectivity index (χ0n) is 12.3. The molecule has 3 N–H and O–H groups in total. The van der Waals surface area contributed by atoms with Gasteiger partial charge < -0.3 is 0 Å². The van der Waals surface area contributed by atoms with Crippen molar-refractivity contribution in [1.82, 2.24) is 0 Å². The number of nitro groups is 1. The van der Waals surface area contributed by atoms with Gasteiger partial charge in [-0.15, -0.1) is 0 Å². The molecule has 2 aromatic carbocycles. The van der Waals surface area contributed by atoms with Gasteiger partial charge in [-0.3, -0.25) is 14.8 Å². The number of nitro benzene ring substituents is 1. The minimum atomic E-state index is -4.07. The highest BCUT2D eigenvalue weighted by Crippen LogP contribution is 2.24. The van der Waals surface area contributed by atoms with Gasteiger partial charge in [-0.2, -0.15) is 0 Å². The molecule has 0 amide bonds. The molecule has 0 aliphatic rings. The maximum Gasteiger partial charge on any atom is 0.273 e. The molecule has 0 saturated heterocycles. The van der Waals surface area contributed by atoms with Gasteiger partial charge in [0.15, 0.2) is 0 Å². The van der Waals surface area contributed by atoms with E-state index in [0.29, 0.717) is 5.56 Å². The molecule has 0 atom stereocenters. The first kappa shape index (κ1) is 17.8. The number of nitrogens with two attached hydrogens (primary N) is 1. The van der Waals surface area contributed by atoms with Crippen LogP contribution in [0.25, 0.3) is 0 Å². The number of aryl methyl sites for hydroxylation is 1. The molecule has 0 aliphatic carbocycles. The van der Waals surface area contributed by atoms with Gasteiger partial charge in [0, 0.05) is 17.3 Å². The molecular weight excluding hydrogens is 358 g/mol. The van der Waals surface area contributed by atoms with Crippen LogP contribution in [0.4, 0.5) is 11.4 Å². The lowest BCUT2D eigenvalue weighted by Gasteiger charge is -2.09. The quantitative estimate of drug-likeness (QED) is 0.598. The number of anilines is 1. The summed E-state index contributed by atoms with van der Waals surface area (Å²) in [5.41, 5.74) is 0.101. The molecule has 0 radical (unpaired) electrons. The van der Waals surface area contributed by atoms with Gasteiger partial charge in [-0.25, -0.2) is 22.0 Å². The third kappa shape index (κ3) is 3.88. The molecule has 2 aromatic rings. The normalized spacial score (nSPS) is 11.9. The number of hydrogen-bond acceptors (Lipinski definition) is 6. The third-order valence-corrected chi connectivity index (χ3v) is 5.43. The van der Waals surface area contributed by atoms with Crippen molar-refractivity contribution in [3.05, 3.63) is 58.1 Å². The molecule has 0 unspecified atom stereocenters. The Morgan fingerprint density at radius 3 is 2.04 bits per heavy atom. The molecule has 2 rings (SSSR count). The zero-order valence-corrected chi connectivity index (χ0v) is 14.0. The molecule has 0 spiro atoms. The van der Waals surface area contributed by atoms with E-state index in [2.05, 4.69) is 4.72 Å². The van der Waals surface area contributed by atoms with Crippen molar-refractivity contribution in [2.75, 3.05) is 4.72 Å². The largest absolute Gasteiger partial charge is 0.280 e. The standard InChI is InChI=1S/C13H13N3O6S2/c1-9-2-5-12(8-13(9)16(17)18)24(21,22)15-10-3-6-11(7-4-10)23(14,19)20/h2-8,15H,1H3,(H2,14,19,20). The van der Waals surface area contributed by atoms with Crippen LogP contribution in [0, 0.1) is 17.0 Å². The van der Waals surface area contributed by atoms with Crippen LogP contribution >= 0.6 is 0 Å². The lowest BCUT2D eigenvalue weighted by Crippen LogP contribution is -2.14. The minimum Gasteiger partial charge on any atom is -0.280 e. The average Bonchev–Trinajstić information content (AvgIpc) is 2.46. The maximum absolute atomic E-state index is 12.3. The summed E-state index contributed by atoms with van der Waals surface area (Å²) in [4.78, 5) is 9.79. The van der Waals surface area contributed by atoms with E-state index < -0.39 is 25.0 Å². The zero-order chi connectivity index (χ0) is 18.1. The fraction of sp³-hybridized carbons (Fsp3) is 0.0769. The number of nitrogens with zero attached hydrogens (tertiary/aromatic N) is 1. The van der Waals surface area contributed by atoms with Crippen molar-refractivity contribution < 1.29 is 21.8 Å². The van der Waals surface area contributed by atoms with Crippen LogP contribution in [0.3, 0.4) is 0 Å². The molecule has 24 heavy (non-hydrogen) atoms. The summed E-state index contributed by atoms with van der Waals surface area (Å²) < 4.78 is 49.1. The van der Waals surface area contributed by atoms with E-state index >= 15 is 0 Å². The fourth-order valence-corrected chi connectivity index (χ4v) is 3.47. The van der Waals surface area contributed by atoms with E-state index in [4.69, 9.17) is 5.14 Å². The Morgan fingerprint density at radius 2 is 1.54 bits per heavy atom. The van der Waals surface area contributed by atoms with Gasteiger partial charge in [0.25, 0.3) is 15.7 Å². The third-order valence-electron chi connectivity index (χ3n) is 3.12. The predicted molar refractivity (Wildman–Crippen MR) is 86.5 cm³/mol. The molecule has 11 heteroatoms. The lowest BCUT2D eigenvalue weighted by atomic mass is 10.2. The number of primary sulfonamides is 1. The first-order valence-corrected chi connectivity index (χ1v) is 9.44.